The second-order valence-corrected chi connectivity index (χ2v) is 4.05. The van der Waals surface area contributed by atoms with E-state index >= 15 is 0 Å². The summed E-state index contributed by atoms with van der Waals surface area (Å²) in [6.45, 7) is 0.393. The smallest absolute Gasteiger partial charge is 0.214 e. The molecule has 108 valence electrons. The van der Waals surface area contributed by atoms with Crippen LogP contribution in [0.3, 0.4) is 0 Å². The van der Waals surface area contributed by atoms with Crippen LogP contribution in [0.1, 0.15) is 11.1 Å². The van der Waals surface area contributed by atoms with Crippen molar-refractivity contribution in [1.29, 1.82) is 0 Å². The molecule has 0 fully saturated rings. The van der Waals surface area contributed by atoms with Crippen LogP contribution in [0.15, 0.2) is 36.4 Å². The average Bonchev–Trinajstić information content (AvgIpc) is 2.47. The fourth-order valence-electron chi connectivity index (χ4n) is 1.73. The first-order valence-corrected chi connectivity index (χ1v) is 5.97. The summed E-state index contributed by atoms with van der Waals surface area (Å²) in [5.41, 5.74) is 8.22. The van der Waals surface area contributed by atoms with Gasteiger partial charge in [0.1, 0.15) is 5.82 Å². The Bertz CT molecular complexity index is 564. The summed E-state index contributed by atoms with van der Waals surface area (Å²) in [5.74, 6) is 1.07. The van der Waals surface area contributed by atoms with Crippen molar-refractivity contribution in [2.24, 2.45) is 5.73 Å². The Morgan fingerprint density at radius 2 is 2.10 bits per heavy atom. The lowest BCUT2D eigenvalue weighted by atomic mass is 10.2. The predicted molar refractivity (Wildman–Crippen MR) is 81.6 cm³/mol. The zero-order valence-electron chi connectivity index (χ0n) is 11.2. The number of ether oxygens (including phenoxy) is 1. The summed E-state index contributed by atoms with van der Waals surface area (Å²) in [6, 6.07) is 11.2. The topological polar surface area (TPSA) is 80.4 Å². The molecule has 0 aliphatic heterocycles. The third-order valence-corrected chi connectivity index (χ3v) is 2.76. The molecule has 20 heavy (non-hydrogen) atoms. The molecule has 0 saturated heterocycles. The minimum Gasteiger partial charge on any atom is -0.481 e. The Kier molecular flexibility index (Phi) is 6.24. The first-order chi connectivity index (χ1) is 9.26. The third kappa shape index (κ3) is 3.84. The minimum atomic E-state index is -0.0874. The van der Waals surface area contributed by atoms with Gasteiger partial charge in [-0.15, -0.1) is 12.4 Å². The fourth-order valence-corrected chi connectivity index (χ4v) is 1.73. The van der Waals surface area contributed by atoms with Gasteiger partial charge in [-0.1, -0.05) is 12.1 Å². The molecule has 0 spiro atoms. The van der Waals surface area contributed by atoms with Gasteiger partial charge >= 0.3 is 0 Å². The number of nitrogens with one attached hydrogen (secondary N) is 1. The maximum atomic E-state index is 9.32. The molecule has 0 bridgehead atoms. The molecule has 0 aliphatic carbocycles. The van der Waals surface area contributed by atoms with E-state index < -0.39 is 0 Å². The van der Waals surface area contributed by atoms with Crippen LogP contribution in [0.5, 0.6) is 5.88 Å². The molecule has 0 radical (unpaired) electrons. The lowest BCUT2D eigenvalue weighted by Crippen LogP contribution is -2.02. The lowest BCUT2D eigenvalue weighted by Gasteiger charge is -2.11. The highest BCUT2D eigenvalue weighted by molar-refractivity contribution is 5.85. The number of aromatic nitrogens is 1. The minimum absolute atomic E-state index is 0. The molecule has 0 aliphatic rings. The number of hydrogen-bond acceptors (Lipinski definition) is 5. The number of nitrogens with zero attached hydrogens (tertiary/aromatic N) is 1. The number of aliphatic hydroxyl groups excluding tert-OH is 1. The van der Waals surface area contributed by atoms with Crippen LogP contribution < -0.4 is 15.8 Å². The van der Waals surface area contributed by atoms with Gasteiger partial charge in [0.15, 0.2) is 0 Å². The molecule has 1 heterocycles. The van der Waals surface area contributed by atoms with Crippen LogP contribution in [-0.4, -0.2) is 17.2 Å². The van der Waals surface area contributed by atoms with Gasteiger partial charge in [0.25, 0.3) is 0 Å². The Balaban J connectivity index is 0.00000200. The Morgan fingerprint density at radius 1 is 1.30 bits per heavy atom. The lowest BCUT2D eigenvalue weighted by molar-refractivity contribution is 0.281. The van der Waals surface area contributed by atoms with Crippen molar-refractivity contribution in [3.63, 3.8) is 0 Å². The highest BCUT2D eigenvalue weighted by atomic mass is 35.5. The first kappa shape index (κ1) is 16.2. The van der Waals surface area contributed by atoms with E-state index in [1.165, 1.54) is 0 Å². The number of nitrogens with two attached hydrogens (primary N) is 1. The Morgan fingerprint density at radius 3 is 2.75 bits per heavy atom. The SMILES string of the molecule is COc1ccc(CO)c(Nc2cccc(CN)c2)n1.Cl. The van der Waals surface area contributed by atoms with Crippen LogP contribution >= 0.6 is 12.4 Å². The van der Waals surface area contributed by atoms with Crippen molar-refractivity contribution in [3.8, 4) is 5.88 Å². The summed E-state index contributed by atoms with van der Waals surface area (Å²) in [6.07, 6.45) is 0. The zero-order valence-corrected chi connectivity index (χ0v) is 12.0. The number of hydrogen-bond donors (Lipinski definition) is 3. The van der Waals surface area contributed by atoms with Crippen molar-refractivity contribution in [3.05, 3.63) is 47.5 Å². The summed E-state index contributed by atoms with van der Waals surface area (Å²) in [4.78, 5) is 4.29. The number of benzene rings is 1. The molecule has 6 heteroatoms. The van der Waals surface area contributed by atoms with E-state index in [4.69, 9.17) is 10.5 Å². The highest BCUT2D eigenvalue weighted by Crippen LogP contribution is 2.22. The van der Waals surface area contributed by atoms with Crippen LogP contribution in [0, 0.1) is 0 Å². The number of aliphatic hydroxyl groups is 1. The van der Waals surface area contributed by atoms with Crippen molar-refractivity contribution in [2.75, 3.05) is 12.4 Å². The number of anilines is 2. The third-order valence-electron chi connectivity index (χ3n) is 2.76. The monoisotopic (exact) mass is 295 g/mol. The molecule has 0 unspecified atom stereocenters. The van der Waals surface area contributed by atoms with Gasteiger partial charge in [0.2, 0.25) is 5.88 Å². The average molecular weight is 296 g/mol. The second-order valence-electron chi connectivity index (χ2n) is 4.05. The van der Waals surface area contributed by atoms with Gasteiger partial charge in [-0.05, 0) is 23.8 Å². The number of halogens is 1. The van der Waals surface area contributed by atoms with Crippen LogP contribution in [-0.2, 0) is 13.2 Å². The molecule has 0 saturated carbocycles. The molecule has 0 amide bonds. The van der Waals surface area contributed by atoms with E-state index in [1.807, 2.05) is 24.3 Å². The molecule has 2 rings (SSSR count). The molecule has 2 aromatic rings. The Hall–Kier alpha value is -1.82. The molecule has 1 aromatic carbocycles. The second kappa shape index (κ2) is 7.69. The summed E-state index contributed by atoms with van der Waals surface area (Å²) in [5, 5.41) is 12.5. The van der Waals surface area contributed by atoms with E-state index in [9.17, 15) is 5.11 Å². The maximum absolute atomic E-state index is 9.32. The van der Waals surface area contributed by atoms with Crippen molar-refractivity contribution < 1.29 is 9.84 Å². The predicted octanol–water partition coefficient (Wildman–Crippen LogP) is 2.21. The molecule has 0 atom stereocenters. The quantitative estimate of drug-likeness (QED) is 0.788. The summed E-state index contributed by atoms with van der Waals surface area (Å²) >= 11 is 0. The van der Waals surface area contributed by atoms with Gasteiger partial charge in [0, 0.05) is 23.9 Å². The van der Waals surface area contributed by atoms with E-state index in [2.05, 4.69) is 10.3 Å². The van der Waals surface area contributed by atoms with E-state index in [1.54, 1.807) is 19.2 Å². The van der Waals surface area contributed by atoms with Crippen LogP contribution in [0.2, 0.25) is 0 Å². The van der Waals surface area contributed by atoms with Gasteiger partial charge in [0.05, 0.1) is 13.7 Å². The first-order valence-electron chi connectivity index (χ1n) is 5.97. The van der Waals surface area contributed by atoms with Crippen molar-refractivity contribution in [2.45, 2.75) is 13.2 Å². The Labute approximate surface area is 124 Å². The van der Waals surface area contributed by atoms with Gasteiger partial charge in [-0.3, -0.25) is 0 Å². The van der Waals surface area contributed by atoms with Gasteiger partial charge in [-0.25, -0.2) is 0 Å². The van der Waals surface area contributed by atoms with Crippen molar-refractivity contribution in [1.82, 2.24) is 4.98 Å². The van der Waals surface area contributed by atoms with Crippen LogP contribution in [0.25, 0.3) is 0 Å². The molecular formula is C14H18ClN3O2. The number of rotatable bonds is 5. The normalized spacial score (nSPS) is 9.75. The van der Waals surface area contributed by atoms with E-state index in [0.717, 1.165) is 11.3 Å². The van der Waals surface area contributed by atoms with E-state index in [0.29, 0.717) is 23.8 Å². The van der Waals surface area contributed by atoms with Crippen LogP contribution in [0.4, 0.5) is 11.5 Å². The standard InChI is InChI=1S/C14H17N3O2.ClH/c1-19-13-6-5-11(9-18)14(17-13)16-12-4-2-3-10(7-12)8-15;/h2-7,18H,8-9,15H2,1H3,(H,16,17);1H. The van der Waals surface area contributed by atoms with E-state index in [-0.39, 0.29) is 19.0 Å². The van der Waals surface area contributed by atoms with Crippen molar-refractivity contribution >= 4 is 23.9 Å². The molecular weight excluding hydrogens is 278 g/mol. The molecule has 1 aromatic heterocycles. The maximum Gasteiger partial charge on any atom is 0.214 e. The molecule has 5 nitrogen and oxygen atoms in total. The van der Waals surface area contributed by atoms with Gasteiger partial charge < -0.3 is 20.9 Å². The summed E-state index contributed by atoms with van der Waals surface area (Å²) < 4.78 is 5.08. The van der Waals surface area contributed by atoms with Gasteiger partial charge in [-0.2, -0.15) is 4.98 Å². The number of methoxy groups -OCH3 is 1. The fraction of sp³-hybridized carbons (Fsp3) is 0.214. The highest BCUT2D eigenvalue weighted by Gasteiger charge is 2.06. The largest absolute Gasteiger partial charge is 0.481 e. The number of pyridine rings is 1. The zero-order chi connectivity index (χ0) is 13.7. The molecule has 4 N–H and O–H groups in total. The summed E-state index contributed by atoms with van der Waals surface area (Å²) in [7, 11) is 1.56.